The molecule has 2 amide bonds. The summed E-state index contributed by atoms with van der Waals surface area (Å²) in [6.07, 6.45) is 3.90. The third kappa shape index (κ3) is 3.80. The van der Waals surface area contributed by atoms with Gasteiger partial charge >= 0.3 is 0 Å². The van der Waals surface area contributed by atoms with E-state index in [0.29, 0.717) is 42.6 Å². The number of ether oxygens (including phenoxy) is 1. The number of hydrogen-bond donors (Lipinski definition) is 1. The van der Waals surface area contributed by atoms with Gasteiger partial charge in [-0.3, -0.25) is 9.59 Å². The molecule has 0 unspecified atom stereocenters. The molecule has 3 aliphatic rings. The molecule has 3 aromatic rings. The fourth-order valence-corrected chi connectivity index (χ4v) is 4.44. The molecule has 166 valence electrons. The van der Waals surface area contributed by atoms with Gasteiger partial charge in [-0.2, -0.15) is 0 Å². The average Bonchev–Trinajstić information content (AvgIpc) is 3.65. The highest BCUT2D eigenvalue weighted by Crippen LogP contribution is 2.36. The maximum absolute atomic E-state index is 13.7. The van der Waals surface area contributed by atoms with Crippen molar-refractivity contribution in [3.8, 4) is 11.5 Å². The van der Waals surface area contributed by atoms with Crippen molar-refractivity contribution in [2.45, 2.75) is 25.9 Å². The molecule has 3 heterocycles. The molecule has 0 saturated heterocycles. The van der Waals surface area contributed by atoms with E-state index in [4.69, 9.17) is 4.74 Å². The van der Waals surface area contributed by atoms with Crippen molar-refractivity contribution in [1.29, 1.82) is 0 Å². The van der Waals surface area contributed by atoms with E-state index < -0.39 is 0 Å². The molecule has 2 aliphatic heterocycles. The molecule has 1 fully saturated rings. The second-order valence-corrected chi connectivity index (χ2v) is 8.87. The third-order valence-corrected chi connectivity index (χ3v) is 6.43. The molecule has 33 heavy (non-hydrogen) atoms. The van der Waals surface area contributed by atoms with Gasteiger partial charge in [-0.05, 0) is 37.0 Å². The molecule has 2 aromatic carbocycles. The molecule has 0 spiro atoms. The lowest BCUT2D eigenvalue weighted by Crippen LogP contribution is -2.41. The van der Waals surface area contributed by atoms with Crippen molar-refractivity contribution in [1.82, 2.24) is 9.88 Å². The van der Waals surface area contributed by atoms with Crippen LogP contribution in [0.5, 0.6) is 11.5 Å². The van der Waals surface area contributed by atoms with Gasteiger partial charge in [0.05, 0.1) is 30.9 Å². The molecule has 7 heteroatoms. The highest BCUT2D eigenvalue weighted by Gasteiger charge is 2.32. The number of carbonyl (C=O) groups excluding carboxylic acids is 2. The number of anilines is 2. The number of pyridine rings is 1. The summed E-state index contributed by atoms with van der Waals surface area (Å²) in [4.78, 5) is 34.4. The van der Waals surface area contributed by atoms with Crippen molar-refractivity contribution in [3.63, 3.8) is 0 Å². The van der Waals surface area contributed by atoms with Crippen LogP contribution in [0.4, 0.5) is 11.5 Å². The van der Waals surface area contributed by atoms with Crippen LogP contribution in [0.2, 0.25) is 0 Å². The number of benzene rings is 2. The molecule has 7 nitrogen and oxygen atoms in total. The topological polar surface area (TPSA) is 74.8 Å². The number of carbonyl (C=O) groups is 2. The van der Waals surface area contributed by atoms with Gasteiger partial charge in [0.25, 0.3) is 5.91 Å². The SMILES string of the molecule is O=C(c1cnc2c(c1)N(CC1CC1)C(=O)CN2)N1Cc2ccccc2Oc2ccccc2C1. The molecule has 0 radical (unpaired) electrons. The van der Waals surface area contributed by atoms with Crippen LogP contribution >= 0.6 is 0 Å². The zero-order valence-electron chi connectivity index (χ0n) is 18.2. The first kappa shape index (κ1) is 19.8. The van der Waals surface area contributed by atoms with Crippen LogP contribution in [0.1, 0.15) is 34.3 Å². The molecule has 6 rings (SSSR count). The van der Waals surface area contributed by atoms with Crippen molar-refractivity contribution in [2.75, 3.05) is 23.3 Å². The minimum Gasteiger partial charge on any atom is -0.457 e. The Labute approximate surface area is 192 Å². The first-order valence-corrected chi connectivity index (χ1v) is 11.3. The lowest BCUT2D eigenvalue weighted by Gasteiger charge is -2.31. The van der Waals surface area contributed by atoms with E-state index in [-0.39, 0.29) is 18.4 Å². The predicted octanol–water partition coefficient (Wildman–Crippen LogP) is 4.20. The summed E-state index contributed by atoms with van der Waals surface area (Å²) in [6, 6.07) is 17.4. The second-order valence-electron chi connectivity index (χ2n) is 8.87. The van der Waals surface area contributed by atoms with Crippen LogP contribution in [-0.4, -0.2) is 34.8 Å². The summed E-state index contributed by atoms with van der Waals surface area (Å²) >= 11 is 0. The summed E-state index contributed by atoms with van der Waals surface area (Å²) in [5.41, 5.74) is 3.06. The van der Waals surface area contributed by atoms with Crippen LogP contribution in [-0.2, 0) is 17.9 Å². The van der Waals surface area contributed by atoms with Crippen molar-refractivity contribution in [2.24, 2.45) is 5.92 Å². The fraction of sp³-hybridized carbons (Fsp3) is 0.269. The van der Waals surface area contributed by atoms with Gasteiger partial charge in [0, 0.05) is 23.9 Å². The first-order chi connectivity index (χ1) is 16.2. The Morgan fingerprint density at radius 1 is 1.03 bits per heavy atom. The number of para-hydroxylation sites is 2. The fourth-order valence-electron chi connectivity index (χ4n) is 4.44. The molecular formula is C26H24N4O3. The van der Waals surface area contributed by atoms with Crippen LogP contribution in [0.25, 0.3) is 0 Å². The molecule has 1 saturated carbocycles. The van der Waals surface area contributed by atoms with E-state index in [1.54, 1.807) is 11.1 Å². The molecule has 1 aliphatic carbocycles. The number of fused-ring (bicyclic) bond motifs is 3. The van der Waals surface area contributed by atoms with Gasteiger partial charge in [-0.1, -0.05) is 36.4 Å². The number of nitrogens with zero attached hydrogens (tertiary/aromatic N) is 3. The van der Waals surface area contributed by atoms with Gasteiger partial charge in [-0.15, -0.1) is 0 Å². The summed E-state index contributed by atoms with van der Waals surface area (Å²) < 4.78 is 6.16. The lowest BCUT2D eigenvalue weighted by atomic mass is 10.1. The molecule has 1 aromatic heterocycles. The van der Waals surface area contributed by atoms with Crippen molar-refractivity contribution >= 4 is 23.3 Å². The van der Waals surface area contributed by atoms with Crippen LogP contribution < -0.4 is 15.0 Å². The van der Waals surface area contributed by atoms with Gasteiger partial charge in [-0.25, -0.2) is 4.98 Å². The molecule has 0 atom stereocenters. The summed E-state index contributed by atoms with van der Waals surface area (Å²) in [7, 11) is 0. The quantitative estimate of drug-likeness (QED) is 0.661. The van der Waals surface area contributed by atoms with Crippen LogP contribution in [0.15, 0.2) is 60.8 Å². The Bertz CT molecular complexity index is 1210. The maximum Gasteiger partial charge on any atom is 0.256 e. The number of hydrogen-bond acceptors (Lipinski definition) is 5. The Morgan fingerprint density at radius 3 is 2.36 bits per heavy atom. The minimum absolute atomic E-state index is 0.0204. The van der Waals surface area contributed by atoms with Crippen LogP contribution in [0, 0.1) is 5.92 Å². The Balaban J connectivity index is 1.36. The second kappa shape index (κ2) is 7.92. The van der Waals surface area contributed by atoms with Gasteiger partial charge in [0.15, 0.2) is 0 Å². The standard InChI is InChI=1S/C26H24N4O3/c31-24-13-28-25-21(30(24)14-17-9-10-17)11-20(12-27-25)26(32)29-15-18-5-1-3-7-22(18)33-23-8-4-2-6-19(23)16-29/h1-8,11-12,17H,9-10,13-16H2,(H,27,28). The minimum atomic E-state index is -0.124. The van der Waals surface area contributed by atoms with Crippen molar-refractivity contribution in [3.05, 3.63) is 77.5 Å². The summed E-state index contributed by atoms with van der Waals surface area (Å²) in [6.45, 7) is 1.77. The van der Waals surface area contributed by atoms with E-state index >= 15 is 0 Å². The summed E-state index contributed by atoms with van der Waals surface area (Å²) in [5, 5.41) is 3.08. The van der Waals surface area contributed by atoms with E-state index in [9.17, 15) is 9.59 Å². The van der Waals surface area contributed by atoms with E-state index in [0.717, 1.165) is 35.5 Å². The third-order valence-electron chi connectivity index (χ3n) is 6.43. The number of rotatable bonds is 3. The van der Waals surface area contributed by atoms with Gasteiger partial charge in [0.1, 0.15) is 17.3 Å². The summed E-state index contributed by atoms with van der Waals surface area (Å²) in [5.74, 6) is 2.59. The monoisotopic (exact) mass is 440 g/mol. The zero-order chi connectivity index (χ0) is 22.4. The highest BCUT2D eigenvalue weighted by molar-refractivity contribution is 6.04. The largest absolute Gasteiger partial charge is 0.457 e. The Morgan fingerprint density at radius 2 is 1.70 bits per heavy atom. The predicted molar refractivity (Wildman–Crippen MR) is 124 cm³/mol. The average molecular weight is 441 g/mol. The van der Waals surface area contributed by atoms with Crippen LogP contribution in [0.3, 0.4) is 0 Å². The maximum atomic E-state index is 13.7. The van der Waals surface area contributed by atoms with E-state index in [1.807, 2.05) is 59.5 Å². The van der Waals surface area contributed by atoms with Crippen molar-refractivity contribution < 1.29 is 14.3 Å². The number of amides is 2. The molecule has 1 N–H and O–H groups in total. The Kier molecular flexibility index (Phi) is 4.75. The Hall–Kier alpha value is -3.87. The van der Waals surface area contributed by atoms with E-state index in [2.05, 4.69) is 10.3 Å². The normalized spacial score (nSPS) is 17.0. The molecular weight excluding hydrogens is 416 g/mol. The smallest absolute Gasteiger partial charge is 0.256 e. The van der Waals surface area contributed by atoms with Gasteiger partial charge in [0.2, 0.25) is 5.91 Å². The molecule has 0 bridgehead atoms. The van der Waals surface area contributed by atoms with Gasteiger partial charge < -0.3 is 19.9 Å². The highest BCUT2D eigenvalue weighted by atomic mass is 16.5. The lowest BCUT2D eigenvalue weighted by molar-refractivity contribution is -0.117. The first-order valence-electron chi connectivity index (χ1n) is 11.3. The number of nitrogens with one attached hydrogen (secondary N) is 1. The van der Waals surface area contributed by atoms with E-state index in [1.165, 1.54) is 0 Å². The number of aromatic nitrogens is 1. The zero-order valence-corrected chi connectivity index (χ0v) is 18.2.